The number of halogens is 2. The summed E-state index contributed by atoms with van der Waals surface area (Å²) in [6.07, 6.45) is 3.75. The van der Waals surface area contributed by atoms with Gasteiger partial charge in [0.25, 0.3) is 0 Å². The highest BCUT2D eigenvalue weighted by Gasteiger charge is 2.34. The van der Waals surface area contributed by atoms with Gasteiger partial charge in [-0.1, -0.05) is 44.2 Å². The van der Waals surface area contributed by atoms with Crippen molar-refractivity contribution in [1.82, 2.24) is 0 Å². The predicted octanol–water partition coefficient (Wildman–Crippen LogP) is 6.36. The number of aldehydes is 1. The number of carbonyl (C=O) groups is 2. The highest BCUT2D eigenvalue weighted by molar-refractivity contribution is 7.92. The molecule has 1 aliphatic carbocycles. The second-order valence-electron chi connectivity index (χ2n) is 11.4. The summed E-state index contributed by atoms with van der Waals surface area (Å²) in [6, 6.07) is 15.9. The lowest BCUT2D eigenvalue weighted by atomic mass is 9.89. The fraction of sp³-hybridized carbons (Fsp3) is 0.375. The van der Waals surface area contributed by atoms with E-state index in [1.54, 1.807) is 13.8 Å². The van der Waals surface area contributed by atoms with Gasteiger partial charge in [-0.05, 0) is 78.1 Å². The Labute approximate surface area is 239 Å². The third-order valence-corrected chi connectivity index (χ3v) is 9.63. The fourth-order valence-corrected chi connectivity index (χ4v) is 7.35. The minimum atomic E-state index is -3.87. The van der Waals surface area contributed by atoms with Gasteiger partial charge in [-0.15, -0.1) is 0 Å². The van der Waals surface area contributed by atoms with E-state index in [2.05, 4.69) is 9.62 Å². The number of carbonyl (C=O) groups excluding carboxylic acids is 2. The molecule has 0 aromatic heterocycles. The number of nitrogens with zero attached hydrogens (tertiary/aromatic N) is 1. The maximum atomic E-state index is 15.4. The predicted molar refractivity (Wildman–Crippen MR) is 157 cm³/mol. The number of Topliss-reactive ketones (excluding diaryl/α,β-unsaturated/α-hetero) is 1. The second kappa shape index (κ2) is 11.7. The van der Waals surface area contributed by atoms with Crippen LogP contribution in [0.3, 0.4) is 0 Å². The van der Waals surface area contributed by atoms with E-state index in [1.807, 2.05) is 42.5 Å². The quantitative estimate of drug-likeness (QED) is 0.235. The van der Waals surface area contributed by atoms with Gasteiger partial charge in [0, 0.05) is 30.6 Å². The van der Waals surface area contributed by atoms with Crippen molar-refractivity contribution in [3.63, 3.8) is 0 Å². The number of nitrogens with one attached hydrogen (secondary N) is 1. The average Bonchev–Trinajstić information content (AvgIpc) is 3.37. The largest absolute Gasteiger partial charge is 0.371 e. The molecule has 1 saturated heterocycles. The first-order valence-electron chi connectivity index (χ1n) is 14.0. The van der Waals surface area contributed by atoms with Gasteiger partial charge in [0.1, 0.15) is 12.1 Å². The Hall–Kier alpha value is -3.59. The molecule has 0 bridgehead atoms. The SMILES string of the molecule is CC(C)CS(=O)(=O)Nc1ccc(F)c(C(=O)C2CCc3ccc(-c4ccc(N5CCC(C=O)CC5)cc4)cc32)c1F. The third kappa shape index (κ3) is 6.20. The van der Waals surface area contributed by atoms with E-state index in [-0.39, 0.29) is 17.6 Å². The molecular formula is C32H34F2N2O4S. The molecule has 0 spiro atoms. The molecule has 0 amide bonds. The van der Waals surface area contributed by atoms with Gasteiger partial charge in [-0.2, -0.15) is 0 Å². The molecule has 9 heteroatoms. The minimum Gasteiger partial charge on any atom is -0.371 e. The molecule has 0 saturated carbocycles. The van der Waals surface area contributed by atoms with Crippen molar-refractivity contribution in [2.45, 2.75) is 45.4 Å². The van der Waals surface area contributed by atoms with E-state index in [0.29, 0.717) is 12.8 Å². The number of benzene rings is 3. The molecule has 1 atom stereocenters. The summed E-state index contributed by atoms with van der Waals surface area (Å²) in [6.45, 7) is 5.10. The zero-order valence-electron chi connectivity index (χ0n) is 23.2. The van der Waals surface area contributed by atoms with E-state index < -0.39 is 44.6 Å². The van der Waals surface area contributed by atoms with Crippen LogP contribution in [0, 0.1) is 23.5 Å². The van der Waals surface area contributed by atoms with Crippen molar-refractivity contribution >= 4 is 33.5 Å². The number of aryl methyl sites for hydroxylation is 1. The number of anilines is 2. The summed E-state index contributed by atoms with van der Waals surface area (Å²) in [5.41, 5.74) is 3.47. The van der Waals surface area contributed by atoms with Crippen LogP contribution in [0.15, 0.2) is 54.6 Å². The molecular weight excluding hydrogens is 546 g/mol. The molecule has 3 aromatic rings. The molecule has 6 nitrogen and oxygen atoms in total. The van der Waals surface area contributed by atoms with E-state index in [0.717, 1.165) is 72.3 Å². The van der Waals surface area contributed by atoms with Crippen LogP contribution in [0.25, 0.3) is 11.1 Å². The van der Waals surface area contributed by atoms with Gasteiger partial charge in [0.15, 0.2) is 11.6 Å². The highest BCUT2D eigenvalue weighted by atomic mass is 32.2. The molecule has 2 aliphatic rings. The molecule has 1 unspecified atom stereocenters. The summed E-state index contributed by atoms with van der Waals surface area (Å²) in [5, 5.41) is 0. The molecule has 1 aliphatic heterocycles. The van der Waals surface area contributed by atoms with Crippen molar-refractivity contribution in [3.8, 4) is 11.1 Å². The molecule has 1 N–H and O–H groups in total. The summed E-state index contributed by atoms with van der Waals surface area (Å²) in [7, 11) is -3.87. The van der Waals surface area contributed by atoms with Crippen LogP contribution in [0.4, 0.5) is 20.2 Å². The number of sulfonamides is 1. The maximum absolute atomic E-state index is 15.4. The van der Waals surface area contributed by atoms with E-state index >= 15 is 4.39 Å². The van der Waals surface area contributed by atoms with Crippen molar-refractivity contribution < 1.29 is 26.8 Å². The van der Waals surface area contributed by atoms with Crippen LogP contribution in [0.2, 0.25) is 0 Å². The van der Waals surface area contributed by atoms with Crippen molar-refractivity contribution in [2.24, 2.45) is 11.8 Å². The molecule has 0 radical (unpaired) electrons. The zero-order chi connectivity index (χ0) is 29.3. The van der Waals surface area contributed by atoms with Gasteiger partial charge in [0.05, 0.1) is 17.0 Å². The monoisotopic (exact) mass is 580 g/mol. The molecule has 1 fully saturated rings. The van der Waals surface area contributed by atoms with Crippen molar-refractivity contribution in [2.75, 3.05) is 28.5 Å². The smallest absolute Gasteiger partial charge is 0.233 e. The van der Waals surface area contributed by atoms with Gasteiger partial charge < -0.3 is 9.69 Å². The Kier molecular flexibility index (Phi) is 8.27. The molecule has 5 rings (SSSR count). The standard InChI is InChI=1S/C32H34F2N2O4S/c1-20(2)19-41(39,40)35-29-12-11-28(33)30(31(29)34)32(38)26-10-7-23-3-4-24(17-27(23)26)22-5-8-25(9-6-22)36-15-13-21(18-37)14-16-36/h3-6,8-9,11-12,17-18,20-21,26,35H,7,10,13-16,19H2,1-2H3. The average molecular weight is 581 g/mol. The maximum Gasteiger partial charge on any atom is 0.233 e. The lowest BCUT2D eigenvalue weighted by molar-refractivity contribution is -0.111. The van der Waals surface area contributed by atoms with Crippen LogP contribution in [0.1, 0.15) is 60.5 Å². The van der Waals surface area contributed by atoms with Crippen LogP contribution in [0.5, 0.6) is 0 Å². The lowest BCUT2D eigenvalue weighted by Crippen LogP contribution is -2.33. The van der Waals surface area contributed by atoms with Gasteiger partial charge in [-0.25, -0.2) is 17.2 Å². The first kappa shape index (κ1) is 28.9. The third-order valence-electron chi connectivity index (χ3n) is 7.99. The molecule has 41 heavy (non-hydrogen) atoms. The Balaban J connectivity index is 1.38. The summed E-state index contributed by atoms with van der Waals surface area (Å²) in [4.78, 5) is 26.9. The number of piperidine rings is 1. The van der Waals surface area contributed by atoms with E-state index in [4.69, 9.17) is 0 Å². The molecule has 216 valence electrons. The Morgan fingerprint density at radius 3 is 2.34 bits per heavy atom. The molecule has 1 heterocycles. The highest BCUT2D eigenvalue weighted by Crippen LogP contribution is 2.40. The summed E-state index contributed by atoms with van der Waals surface area (Å²) >= 11 is 0. The lowest BCUT2D eigenvalue weighted by Gasteiger charge is -2.31. The number of hydrogen-bond donors (Lipinski definition) is 1. The Morgan fingerprint density at radius 2 is 1.68 bits per heavy atom. The Bertz CT molecular complexity index is 1560. The first-order chi connectivity index (χ1) is 19.6. The number of rotatable bonds is 9. The number of ketones is 1. The van der Waals surface area contributed by atoms with Crippen LogP contribution < -0.4 is 9.62 Å². The van der Waals surface area contributed by atoms with Crippen molar-refractivity contribution in [3.05, 3.63) is 82.9 Å². The summed E-state index contributed by atoms with van der Waals surface area (Å²) < 4.78 is 57.3. The number of hydrogen-bond acceptors (Lipinski definition) is 5. The van der Waals surface area contributed by atoms with E-state index in [9.17, 15) is 22.4 Å². The first-order valence-corrected chi connectivity index (χ1v) is 15.7. The number of fused-ring (bicyclic) bond motifs is 1. The van der Waals surface area contributed by atoms with Crippen LogP contribution in [-0.2, 0) is 21.2 Å². The summed E-state index contributed by atoms with van der Waals surface area (Å²) in [5.74, 6) is -3.95. The molecule has 3 aromatic carbocycles. The Morgan fingerprint density at radius 1 is 1.00 bits per heavy atom. The minimum absolute atomic E-state index is 0.131. The zero-order valence-corrected chi connectivity index (χ0v) is 24.0. The second-order valence-corrected chi connectivity index (χ2v) is 13.2. The van der Waals surface area contributed by atoms with Gasteiger partial charge in [0.2, 0.25) is 10.0 Å². The van der Waals surface area contributed by atoms with Crippen LogP contribution in [-0.4, -0.2) is 39.3 Å². The fourth-order valence-electron chi connectivity index (χ4n) is 5.89. The van der Waals surface area contributed by atoms with Gasteiger partial charge in [-0.3, -0.25) is 9.52 Å². The van der Waals surface area contributed by atoms with E-state index in [1.165, 1.54) is 0 Å². The van der Waals surface area contributed by atoms with Gasteiger partial charge >= 0.3 is 0 Å². The van der Waals surface area contributed by atoms with Crippen LogP contribution >= 0.6 is 0 Å². The topological polar surface area (TPSA) is 83.6 Å². The van der Waals surface area contributed by atoms with Crippen molar-refractivity contribution in [1.29, 1.82) is 0 Å². The normalized spacial score (nSPS) is 17.5.